The second-order valence-corrected chi connectivity index (χ2v) is 4.52. The third kappa shape index (κ3) is 2.64. The minimum absolute atomic E-state index is 0.0816. The van der Waals surface area contributed by atoms with E-state index in [1.54, 1.807) is 0 Å². The molecule has 0 atom stereocenters. The predicted molar refractivity (Wildman–Crippen MR) is 41.2 cm³/mol. The normalized spacial score (nSPS) is 33.6. The molecule has 0 spiro atoms. The lowest BCUT2D eigenvalue weighted by molar-refractivity contribution is -0.149. The van der Waals surface area contributed by atoms with Gasteiger partial charge in [-0.1, -0.05) is 22.6 Å². The van der Waals surface area contributed by atoms with Crippen LogP contribution in [-0.4, -0.2) is 10.1 Å². The van der Waals surface area contributed by atoms with Crippen LogP contribution in [0.4, 0.5) is 13.2 Å². The van der Waals surface area contributed by atoms with Gasteiger partial charge in [-0.25, -0.2) is 0 Å². The Labute approximate surface area is 71.3 Å². The Bertz CT molecular complexity index is 115. The highest BCUT2D eigenvalue weighted by atomic mass is 127. The van der Waals surface area contributed by atoms with Gasteiger partial charge in [-0.2, -0.15) is 13.2 Å². The molecule has 0 saturated heterocycles. The van der Waals surface area contributed by atoms with Crippen LogP contribution in [0.5, 0.6) is 0 Å². The van der Waals surface area contributed by atoms with Crippen molar-refractivity contribution in [3.8, 4) is 0 Å². The average Bonchev–Trinajstić information content (AvgIpc) is 1.57. The van der Waals surface area contributed by atoms with Crippen molar-refractivity contribution < 1.29 is 13.2 Å². The molecule has 60 valence electrons. The third-order valence-corrected chi connectivity index (χ3v) is 2.72. The van der Waals surface area contributed by atoms with Crippen LogP contribution in [0.15, 0.2) is 0 Å². The first kappa shape index (κ1) is 8.62. The van der Waals surface area contributed by atoms with E-state index in [-0.39, 0.29) is 5.92 Å². The van der Waals surface area contributed by atoms with E-state index in [1.165, 1.54) is 0 Å². The summed E-state index contributed by atoms with van der Waals surface area (Å²) in [5.41, 5.74) is 0. The van der Waals surface area contributed by atoms with E-state index < -0.39 is 12.6 Å². The summed E-state index contributed by atoms with van der Waals surface area (Å²) in [6, 6.07) is 0. The molecule has 0 aromatic carbocycles. The van der Waals surface area contributed by atoms with Crippen LogP contribution >= 0.6 is 22.6 Å². The third-order valence-electron chi connectivity index (χ3n) is 1.70. The minimum atomic E-state index is -3.94. The smallest absolute Gasteiger partial charge is 0.171 e. The van der Waals surface area contributed by atoms with Crippen LogP contribution in [0.3, 0.4) is 0 Å². The highest BCUT2D eigenvalue weighted by Gasteiger charge is 2.37. The van der Waals surface area contributed by atoms with E-state index in [0.29, 0.717) is 3.92 Å². The van der Waals surface area contributed by atoms with Crippen molar-refractivity contribution in [2.24, 2.45) is 5.92 Å². The van der Waals surface area contributed by atoms with Gasteiger partial charge in [0.25, 0.3) is 0 Å². The Morgan fingerprint density at radius 1 is 1.30 bits per heavy atom. The van der Waals surface area contributed by atoms with Crippen molar-refractivity contribution in [3.05, 3.63) is 0 Å². The monoisotopic (exact) mass is 264 g/mol. The molecule has 0 aromatic heterocycles. The summed E-state index contributed by atoms with van der Waals surface area (Å²) in [5, 5.41) is 0. The highest BCUT2D eigenvalue weighted by molar-refractivity contribution is 14.1. The second-order valence-electron chi connectivity index (χ2n) is 2.75. The summed E-state index contributed by atoms with van der Waals surface area (Å²) >= 11 is 2.19. The molecule has 10 heavy (non-hydrogen) atoms. The highest BCUT2D eigenvalue weighted by Crippen LogP contribution is 2.40. The molecule has 0 radical (unpaired) electrons. The van der Waals surface area contributed by atoms with Crippen molar-refractivity contribution >= 4 is 22.6 Å². The fourth-order valence-corrected chi connectivity index (χ4v) is 2.59. The van der Waals surface area contributed by atoms with Crippen LogP contribution in [0.1, 0.15) is 19.3 Å². The van der Waals surface area contributed by atoms with Crippen LogP contribution in [-0.2, 0) is 0 Å². The van der Waals surface area contributed by atoms with Crippen LogP contribution in [0, 0.1) is 5.92 Å². The molecule has 0 bridgehead atoms. The molecule has 1 fully saturated rings. The summed E-state index contributed by atoms with van der Waals surface area (Å²) in [7, 11) is 0. The summed E-state index contributed by atoms with van der Waals surface area (Å²) in [4.78, 5) is 0. The first-order chi connectivity index (χ1) is 4.47. The molecule has 0 amide bonds. The van der Waals surface area contributed by atoms with Crippen LogP contribution in [0.25, 0.3) is 0 Å². The van der Waals surface area contributed by atoms with Gasteiger partial charge in [-0.3, -0.25) is 0 Å². The maximum Gasteiger partial charge on any atom is 0.389 e. The number of alkyl halides is 4. The molecule has 1 aliphatic rings. The Balaban J connectivity index is 2.16. The van der Waals surface area contributed by atoms with Gasteiger partial charge in [0, 0.05) is 10.3 Å². The van der Waals surface area contributed by atoms with Gasteiger partial charge in [0.15, 0.2) is 0 Å². The molecular weight excluding hydrogens is 256 g/mol. The van der Waals surface area contributed by atoms with Gasteiger partial charge in [0.05, 0.1) is 0 Å². The lowest BCUT2D eigenvalue weighted by Gasteiger charge is -2.31. The van der Waals surface area contributed by atoms with E-state index in [4.69, 9.17) is 0 Å². The SMILES string of the molecule is FC(F)(F)CC1CC(I)C1. The van der Waals surface area contributed by atoms with Gasteiger partial charge < -0.3 is 0 Å². The van der Waals surface area contributed by atoms with E-state index in [0.717, 1.165) is 12.8 Å². The van der Waals surface area contributed by atoms with Gasteiger partial charge in [0.1, 0.15) is 0 Å². The van der Waals surface area contributed by atoms with Crippen molar-refractivity contribution in [2.45, 2.75) is 29.4 Å². The van der Waals surface area contributed by atoms with Gasteiger partial charge in [-0.15, -0.1) is 0 Å². The summed E-state index contributed by atoms with van der Waals surface area (Å²) < 4.78 is 35.4. The zero-order valence-corrected chi connectivity index (χ0v) is 7.45. The van der Waals surface area contributed by atoms with Crippen molar-refractivity contribution in [1.82, 2.24) is 0 Å². The second kappa shape index (κ2) is 2.87. The predicted octanol–water partition coefficient (Wildman–Crippen LogP) is 3.15. The molecule has 0 aromatic rings. The molecule has 0 nitrogen and oxygen atoms in total. The lowest BCUT2D eigenvalue weighted by atomic mass is 9.83. The van der Waals surface area contributed by atoms with Crippen molar-refractivity contribution in [2.75, 3.05) is 0 Å². The Morgan fingerprint density at radius 3 is 2.10 bits per heavy atom. The van der Waals surface area contributed by atoms with E-state index in [1.807, 2.05) is 0 Å². The van der Waals surface area contributed by atoms with Crippen LogP contribution < -0.4 is 0 Å². The minimum Gasteiger partial charge on any atom is -0.171 e. The topological polar surface area (TPSA) is 0 Å². The maximum atomic E-state index is 11.7. The Hall–Kier alpha value is 0.520. The molecule has 0 unspecified atom stereocenters. The fraction of sp³-hybridized carbons (Fsp3) is 1.00. The quantitative estimate of drug-likeness (QED) is 0.504. The van der Waals surface area contributed by atoms with Crippen molar-refractivity contribution in [3.63, 3.8) is 0 Å². The lowest BCUT2D eigenvalue weighted by Crippen LogP contribution is -2.28. The molecule has 4 heteroatoms. The largest absolute Gasteiger partial charge is 0.389 e. The van der Waals surface area contributed by atoms with E-state index in [2.05, 4.69) is 22.6 Å². The summed E-state index contributed by atoms with van der Waals surface area (Å²) in [6.07, 6.45) is -3.02. The standard InChI is InChI=1S/C6H8F3I/c7-6(8,9)3-4-1-5(10)2-4/h4-5H,1-3H2. The van der Waals surface area contributed by atoms with Gasteiger partial charge in [0.2, 0.25) is 0 Å². The maximum absolute atomic E-state index is 11.7. The number of rotatable bonds is 1. The summed E-state index contributed by atoms with van der Waals surface area (Å²) in [6.45, 7) is 0. The molecule has 1 aliphatic carbocycles. The molecule has 0 aliphatic heterocycles. The molecule has 0 heterocycles. The number of halogens is 4. The fourth-order valence-electron chi connectivity index (χ4n) is 1.15. The molecule has 1 rings (SSSR count). The van der Waals surface area contributed by atoms with E-state index >= 15 is 0 Å². The molecular formula is C6H8F3I. The Kier molecular flexibility index (Phi) is 2.47. The zero-order chi connectivity index (χ0) is 7.78. The Morgan fingerprint density at radius 2 is 1.80 bits per heavy atom. The van der Waals surface area contributed by atoms with Gasteiger partial charge >= 0.3 is 6.18 Å². The van der Waals surface area contributed by atoms with Crippen LogP contribution in [0.2, 0.25) is 0 Å². The zero-order valence-electron chi connectivity index (χ0n) is 5.29. The van der Waals surface area contributed by atoms with E-state index in [9.17, 15) is 13.2 Å². The summed E-state index contributed by atoms with van der Waals surface area (Å²) in [5.74, 6) is -0.0816. The number of hydrogen-bond acceptors (Lipinski definition) is 0. The first-order valence-electron chi connectivity index (χ1n) is 3.18. The number of hydrogen-bond donors (Lipinski definition) is 0. The molecule has 0 N–H and O–H groups in total. The average molecular weight is 264 g/mol. The van der Waals surface area contributed by atoms with Gasteiger partial charge in [-0.05, 0) is 18.8 Å². The molecule has 1 saturated carbocycles. The first-order valence-corrected chi connectivity index (χ1v) is 4.43. The van der Waals surface area contributed by atoms with Crippen molar-refractivity contribution in [1.29, 1.82) is 0 Å².